The zero-order chi connectivity index (χ0) is 45.1. The van der Waals surface area contributed by atoms with Crippen LogP contribution in [0.3, 0.4) is 0 Å². The first-order valence-electron chi connectivity index (χ1n) is 28.1. The molecule has 0 saturated carbocycles. The minimum absolute atomic E-state index is 0.142. The second-order valence-corrected chi connectivity index (χ2v) is 19.5. The summed E-state index contributed by atoms with van der Waals surface area (Å²) in [6.45, 7) is 4.19. The molecule has 62 heavy (non-hydrogen) atoms. The third-order valence-electron chi connectivity index (χ3n) is 13.3. The highest BCUT2D eigenvalue weighted by Gasteiger charge is 2.26. The molecule has 0 spiro atoms. The molecule has 5 heteroatoms. The van der Waals surface area contributed by atoms with Crippen molar-refractivity contribution in [2.24, 2.45) is 0 Å². The third-order valence-corrected chi connectivity index (χ3v) is 13.3. The zero-order valence-corrected chi connectivity index (χ0v) is 42.0. The summed E-state index contributed by atoms with van der Waals surface area (Å²) < 4.78 is 0. The van der Waals surface area contributed by atoms with Crippen molar-refractivity contribution in [2.45, 2.75) is 327 Å². The van der Waals surface area contributed by atoms with Crippen LogP contribution in [0.15, 0.2) is 24.3 Å². The molecule has 0 aliphatic carbocycles. The highest BCUT2D eigenvalue weighted by molar-refractivity contribution is 5.76. The molecule has 0 fully saturated rings. The molecule has 1 amide bonds. The van der Waals surface area contributed by atoms with Crippen LogP contribution < -0.4 is 5.32 Å². The Labute approximate surface area is 388 Å². The Morgan fingerprint density at radius 2 is 0.694 bits per heavy atom. The van der Waals surface area contributed by atoms with Gasteiger partial charge in [-0.1, -0.05) is 282 Å². The molecule has 0 rings (SSSR count). The third kappa shape index (κ3) is 46.8. The maximum Gasteiger partial charge on any atom is 0.220 e. The molecule has 0 saturated heterocycles. The molecule has 3 unspecified atom stereocenters. The first-order chi connectivity index (χ1) is 30.6. The maximum absolute atomic E-state index is 12.5. The van der Waals surface area contributed by atoms with Gasteiger partial charge >= 0.3 is 0 Å². The summed E-state index contributed by atoms with van der Waals surface area (Å²) in [4.78, 5) is 12.5. The molecule has 0 radical (unpaired) electrons. The molecule has 0 aromatic rings. The van der Waals surface area contributed by atoms with Crippen molar-refractivity contribution >= 4 is 5.91 Å². The maximum atomic E-state index is 12.5. The van der Waals surface area contributed by atoms with E-state index in [1.165, 1.54) is 238 Å². The van der Waals surface area contributed by atoms with E-state index in [4.69, 9.17) is 0 Å². The van der Waals surface area contributed by atoms with Gasteiger partial charge in [0.2, 0.25) is 5.91 Å². The molecule has 5 nitrogen and oxygen atoms in total. The fraction of sp³-hybridized carbons (Fsp3) is 0.912. The van der Waals surface area contributed by atoms with Crippen LogP contribution in [0, 0.1) is 0 Å². The number of carbonyl (C=O) groups excluding carboxylic acids is 1. The summed E-state index contributed by atoms with van der Waals surface area (Å²) in [5.74, 6) is -0.142. The molecular formula is C57H111NO4. The Balaban J connectivity index is 3.44. The zero-order valence-electron chi connectivity index (χ0n) is 42.0. The number of aliphatic hydroxyl groups is 3. The molecule has 0 aromatic carbocycles. The molecule has 4 N–H and O–H groups in total. The smallest absolute Gasteiger partial charge is 0.220 e. The van der Waals surface area contributed by atoms with Crippen molar-refractivity contribution < 1.29 is 20.1 Å². The quantitative estimate of drug-likeness (QED) is 0.0362. The lowest BCUT2D eigenvalue weighted by molar-refractivity contribution is -0.124. The van der Waals surface area contributed by atoms with Gasteiger partial charge in [-0.25, -0.2) is 0 Å². The number of amides is 1. The number of allylic oxidation sites excluding steroid dienone is 4. The highest BCUT2D eigenvalue weighted by atomic mass is 16.3. The number of aliphatic hydroxyl groups excluding tert-OH is 3. The van der Waals surface area contributed by atoms with Gasteiger partial charge < -0.3 is 20.6 Å². The Morgan fingerprint density at radius 3 is 1.02 bits per heavy atom. The van der Waals surface area contributed by atoms with Crippen molar-refractivity contribution in [3.63, 3.8) is 0 Å². The highest BCUT2D eigenvalue weighted by Crippen LogP contribution is 2.18. The van der Waals surface area contributed by atoms with Gasteiger partial charge in [0.05, 0.1) is 18.8 Å². The van der Waals surface area contributed by atoms with Crippen LogP contribution in [-0.4, -0.2) is 46.1 Å². The summed E-state index contributed by atoms with van der Waals surface area (Å²) >= 11 is 0. The van der Waals surface area contributed by atoms with E-state index in [0.29, 0.717) is 12.8 Å². The summed E-state index contributed by atoms with van der Waals surface area (Å²) in [7, 11) is 0. The number of unbranched alkanes of at least 4 members (excludes halogenated alkanes) is 40. The molecule has 0 aromatic heterocycles. The summed E-state index contributed by atoms with van der Waals surface area (Å²) in [5, 5.41) is 33.6. The van der Waals surface area contributed by atoms with Crippen molar-refractivity contribution in [2.75, 3.05) is 6.61 Å². The van der Waals surface area contributed by atoms with Crippen LogP contribution in [0.2, 0.25) is 0 Å². The molecule has 0 aliphatic heterocycles. The van der Waals surface area contributed by atoms with Gasteiger partial charge in [-0.15, -0.1) is 0 Å². The second-order valence-electron chi connectivity index (χ2n) is 19.5. The Hall–Kier alpha value is -1.17. The van der Waals surface area contributed by atoms with E-state index < -0.39 is 18.2 Å². The number of nitrogens with one attached hydrogen (secondary N) is 1. The van der Waals surface area contributed by atoms with Gasteiger partial charge in [-0.2, -0.15) is 0 Å². The van der Waals surface area contributed by atoms with Crippen LogP contribution in [0.1, 0.15) is 309 Å². The van der Waals surface area contributed by atoms with E-state index >= 15 is 0 Å². The van der Waals surface area contributed by atoms with E-state index in [1.54, 1.807) is 0 Å². The molecule has 0 aliphatic rings. The van der Waals surface area contributed by atoms with Gasteiger partial charge in [0.1, 0.15) is 6.10 Å². The topological polar surface area (TPSA) is 89.8 Å². The molecule has 3 atom stereocenters. The summed E-state index contributed by atoms with van der Waals surface area (Å²) in [5.41, 5.74) is 0. The van der Waals surface area contributed by atoms with Crippen LogP contribution in [0.4, 0.5) is 0 Å². The van der Waals surface area contributed by atoms with Gasteiger partial charge in [0, 0.05) is 6.42 Å². The van der Waals surface area contributed by atoms with E-state index in [9.17, 15) is 20.1 Å². The minimum atomic E-state index is -1.13. The largest absolute Gasteiger partial charge is 0.394 e. The molecule has 0 bridgehead atoms. The minimum Gasteiger partial charge on any atom is -0.394 e. The van der Waals surface area contributed by atoms with Crippen LogP contribution in [-0.2, 0) is 4.79 Å². The Kier molecular flexibility index (Phi) is 51.5. The normalized spacial score (nSPS) is 13.4. The lowest BCUT2D eigenvalue weighted by atomic mass is 9.99. The van der Waals surface area contributed by atoms with Gasteiger partial charge in [-0.05, 0) is 44.9 Å². The first kappa shape index (κ1) is 60.8. The predicted molar refractivity (Wildman–Crippen MR) is 273 cm³/mol. The second kappa shape index (κ2) is 52.5. The monoisotopic (exact) mass is 874 g/mol. The van der Waals surface area contributed by atoms with E-state index in [0.717, 1.165) is 44.9 Å². The average molecular weight is 875 g/mol. The fourth-order valence-corrected chi connectivity index (χ4v) is 8.96. The Morgan fingerprint density at radius 1 is 0.403 bits per heavy atom. The number of rotatable bonds is 52. The van der Waals surface area contributed by atoms with Crippen molar-refractivity contribution in [1.82, 2.24) is 5.32 Å². The van der Waals surface area contributed by atoms with Gasteiger partial charge in [0.15, 0.2) is 0 Å². The molecule has 0 heterocycles. The number of carbonyl (C=O) groups is 1. The van der Waals surface area contributed by atoms with Crippen molar-refractivity contribution in [3.05, 3.63) is 24.3 Å². The number of hydrogen-bond acceptors (Lipinski definition) is 4. The van der Waals surface area contributed by atoms with Gasteiger partial charge in [0.25, 0.3) is 0 Å². The molecule has 368 valence electrons. The Bertz CT molecular complexity index is 920. The van der Waals surface area contributed by atoms with Crippen LogP contribution in [0.5, 0.6) is 0 Å². The summed E-state index contributed by atoms with van der Waals surface area (Å²) in [6, 6.07) is -0.806. The predicted octanol–water partition coefficient (Wildman–Crippen LogP) is 17.3. The molecular weight excluding hydrogens is 763 g/mol. The lowest BCUT2D eigenvalue weighted by Gasteiger charge is -2.26. The standard InChI is InChI=1S/C57H111NO4/c1-3-5-7-9-11-13-15-16-17-18-19-20-21-22-23-24-25-26-27-28-29-30-31-32-33-34-35-36-37-38-39-40-42-44-46-48-50-52-56(61)58-54(53-59)57(62)55(60)51-49-47-45-43-41-14-12-10-8-6-4-2/h23-24,26-27,54-55,57,59-60,62H,3-22,25,28-53H2,1-2H3,(H,58,61)/b24-23-,27-26-. The van der Waals surface area contributed by atoms with Crippen LogP contribution in [0.25, 0.3) is 0 Å². The fourth-order valence-electron chi connectivity index (χ4n) is 8.96. The van der Waals surface area contributed by atoms with Crippen molar-refractivity contribution in [1.29, 1.82) is 0 Å². The lowest BCUT2D eigenvalue weighted by Crippen LogP contribution is -2.50. The van der Waals surface area contributed by atoms with Gasteiger partial charge in [-0.3, -0.25) is 4.79 Å². The van der Waals surface area contributed by atoms with E-state index in [1.807, 2.05) is 0 Å². The van der Waals surface area contributed by atoms with E-state index in [-0.39, 0.29) is 12.5 Å². The SMILES string of the molecule is CCCCCCCCCCCCCCC/C=C\C/C=C\CCCCCCCCCCCCCCCCCCCC(=O)NC(CO)C(O)C(O)CCCCCCCCCCCCC. The van der Waals surface area contributed by atoms with E-state index in [2.05, 4.69) is 43.5 Å². The number of hydrogen-bond donors (Lipinski definition) is 4. The first-order valence-corrected chi connectivity index (χ1v) is 28.1. The van der Waals surface area contributed by atoms with Crippen molar-refractivity contribution in [3.8, 4) is 0 Å². The average Bonchev–Trinajstić information content (AvgIpc) is 3.28. The van der Waals surface area contributed by atoms with Crippen LogP contribution >= 0.6 is 0 Å². The summed E-state index contributed by atoms with van der Waals surface area (Å²) in [6.07, 6.45) is 66.4.